The summed E-state index contributed by atoms with van der Waals surface area (Å²) in [5.41, 5.74) is 3.39. The number of aryl methyl sites for hydroxylation is 1. The van der Waals surface area contributed by atoms with E-state index in [1.54, 1.807) is 14.2 Å². The zero-order valence-corrected chi connectivity index (χ0v) is 21.1. The van der Waals surface area contributed by atoms with E-state index >= 15 is 0 Å². The van der Waals surface area contributed by atoms with Gasteiger partial charge in [-0.2, -0.15) is 0 Å². The van der Waals surface area contributed by atoms with E-state index < -0.39 is 0 Å². The number of nitrogens with zero attached hydrogens (tertiary/aromatic N) is 1. The summed E-state index contributed by atoms with van der Waals surface area (Å²) in [6, 6.07) is 14.4. The van der Waals surface area contributed by atoms with Gasteiger partial charge in [-0.1, -0.05) is 29.8 Å². The van der Waals surface area contributed by atoms with E-state index in [9.17, 15) is 0 Å². The van der Waals surface area contributed by atoms with Gasteiger partial charge in [0.1, 0.15) is 0 Å². The van der Waals surface area contributed by atoms with Crippen molar-refractivity contribution in [2.24, 2.45) is 10.9 Å². The van der Waals surface area contributed by atoms with Gasteiger partial charge in [0.25, 0.3) is 0 Å². The molecule has 0 aromatic heterocycles. The molecule has 2 atom stereocenters. The molecule has 0 radical (unpaired) electrons. The molecule has 2 unspecified atom stereocenters. The second-order valence-corrected chi connectivity index (χ2v) is 7.52. The molecule has 2 aromatic carbocycles. The fourth-order valence-corrected chi connectivity index (χ4v) is 3.72. The van der Waals surface area contributed by atoms with Gasteiger partial charge in [0.05, 0.1) is 20.3 Å². The van der Waals surface area contributed by atoms with E-state index in [0.29, 0.717) is 24.0 Å². The van der Waals surface area contributed by atoms with Crippen molar-refractivity contribution in [3.05, 3.63) is 53.6 Å². The van der Waals surface area contributed by atoms with Gasteiger partial charge < -0.3 is 24.8 Å². The normalized spacial score (nSPS) is 18.6. The number of guanidine groups is 1. The number of hydrogen-bond donors (Lipinski definition) is 2. The van der Waals surface area contributed by atoms with Gasteiger partial charge in [-0.15, -0.1) is 24.0 Å². The maximum atomic E-state index is 6.14. The van der Waals surface area contributed by atoms with Crippen molar-refractivity contribution in [2.75, 3.05) is 39.2 Å². The fourth-order valence-electron chi connectivity index (χ4n) is 3.72. The van der Waals surface area contributed by atoms with Gasteiger partial charge in [0.2, 0.25) is 0 Å². The molecule has 31 heavy (non-hydrogen) atoms. The zero-order chi connectivity index (χ0) is 21.3. The Morgan fingerprint density at radius 3 is 2.52 bits per heavy atom. The fraction of sp³-hybridized carbons (Fsp3) is 0.458. The van der Waals surface area contributed by atoms with E-state index in [4.69, 9.17) is 19.2 Å². The van der Waals surface area contributed by atoms with E-state index in [1.165, 1.54) is 11.1 Å². The van der Waals surface area contributed by atoms with E-state index in [2.05, 4.69) is 48.7 Å². The molecule has 2 N–H and O–H groups in total. The van der Waals surface area contributed by atoms with Gasteiger partial charge in [-0.05, 0) is 44.4 Å². The Morgan fingerprint density at radius 2 is 1.84 bits per heavy atom. The molecule has 0 aliphatic carbocycles. The van der Waals surface area contributed by atoms with Crippen molar-refractivity contribution in [2.45, 2.75) is 32.8 Å². The van der Waals surface area contributed by atoms with Crippen LogP contribution in [0, 0.1) is 12.8 Å². The van der Waals surface area contributed by atoms with Gasteiger partial charge in [-0.3, -0.25) is 4.99 Å². The molecule has 170 valence electrons. The molecule has 0 bridgehead atoms. The first-order chi connectivity index (χ1) is 14.6. The van der Waals surface area contributed by atoms with Gasteiger partial charge in [-0.25, -0.2) is 0 Å². The predicted octanol–water partition coefficient (Wildman–Crippen LogP) is 5.18. The lowest BCUT2D eigenvalue weighted by Gasteiger charge is -2.31. The van der Waals surface area contributed by atoms with E-state index in [1.807, 2.05) is 18.2 Å². The largest absolute Gasteiger partial charge is 0.493 e. The maximum Gasteiger partial charge on any atom is 0.195 e. The van der Waals surface area contributed by atoms with Crippen molar-refractivity contribution in [3.8, 4) is 11.5 Å². The van der Waals surface area contributed by atoms with E-state index in [-0.39, 0.29) is 30.1 Å². The zero-order valence-electron chi connectivity index (χ0n) is 18.8. The molecule has 0 saturated carbocycles. The van der Waals surface area contributed by atoms with Gasteiger partial charge >= 0.3 is 0 Å². The number of rotatable bonds is 7. The predicted molar refractivity (Wildman–Crippen MR) is 137 cm³/mol. The molecule has 2 aromatic rings. The Labute approximate surface area is 202 Å². The summed E-state index contributed by atoms with van der Waals surface area (Å²) in [7, 11) is 3.27. The van der Waals surface area contributed by atoms with Crippen LogP contribution in [-0.4, -0.2) is 39.9 Å². The first kappa shape index (κ1) is 25.3. The van der Waals surface area contributed by atoms with Crippen molar-refractivity contribution < 1.29 is 14.2 Å². The van der Waals surface area contributed by atoms with Crippen molar-refractivity contribution >= 4 is 35.6 Å². The molecule has 1 aliphatic heterocycles. The van der Waals surface area contributed by atoms with E-state index in [0.717, 1.165) is 37.6 Å². The van der Waals surface area contributed by atoms with Crippen molar-refractivity contribution in [1.82, 2.24) is 5.32 Å². The Balaban J connectivity index is 0.00000341. The van der Waals surface area contributed by atoms with Crippen LogP contribution >= 0.6 is 24.0 Å². The minimum atomic E-state index is 0. The summed E-state index contributed by atoms with van der Waals surface area (Å²) in [6.07, 6.45) is 2.27. The SMILES string of the molecule is CCNC(=NCC1CCCOC1c1ccc(C)cc1)Nc1ccc(OC)c(OC)c1.I. The number of aliphatic imine (C=N–C) groups is 1. The average molecular weight is 539 g/mol. The summed E-state index contributed by atoms with van der Waals surface area (Å²) in [6.45, 7) is 6.45. The Morgan fingerprint density at radius 1 is 1.10 bits per heavy atom. The molecule has 1 aliphatic rings. The van der Waals surface area contributed by atoms with Gasteiger partial charge in [0.15, 0.2) is 17.5 Å². The first-order valence-electron chi connectivity index (χ1n) is 10.6. The third kappa shape index (κ3) is 7.00. The van der Waals surface area contributed by atoms with Crippen LogP contribution in [0.1, 0.15) is 37.0 Å². The van der Waals surface area contributed by atoms with Crippen LogP contribution in [-0.2, 0) is 4.74 Å². The summed E-state index contributed by atoms with van der Waals surface area (Å²) in [4.78, 5) is 4.87. The molecule has 0 spiro atoms. The highest BCUT2D eigenvalue weighted by Gasteiger charge is 2.27. The second kappa shape index (κ2) is 12.8. The number of methoxy groups -OCH3 is 2. The van der Waals surface area contributed by atoms with Crippen LogP contribution in [0.15, 0.2) is 47.5 Å². The number of anilines is 1. The number of hydrogen-bond acceptors (Lipinski definition) is 4. The Kier molecular flexibility index (Phi) is 10.4. The number of halogens is 1. The number of nitrogens with one attached hydrogen (secondary N) is 2. The monoisotopic (exact) mass is 539 g/mol. The highest BCUT2D eigenvalue weighted by Crippen LogP contribution is 2.34. The lowest BCUT2D eigenvalue weighted by atomic mass is 9.89. The molecule has 1 saturated heterocycles. The molecule has 1 heterocycles. The summed E-state index contributed by atoms with van der Waals surface area (Å²) in [5.74, 6) is 2.48. The smallest absolute Gasteiger partial charge is 0.195 e. The highest BCUT2D eigenvalue weighted by molar-refractivity contribution is 14.0. The second-order valence-electron chi connectivity index (χ2n) is 7.52. The minimum absolute atomic E-state index is 0. The molecule has 3 rings (SSSR count). The third-order valence-corrected chi connectivity index (χ3v) is 5.33. The summed E-state index contributed by atoms with van der Waals surface area (Å²) >= 11 is 0. The quantitative estimate of drug-likeness (QED) is 0.289. The summed E-state index contributed by atoms with van der Waals surface area (Å²) in [5, 5.41) is 6.69. The Bertz CT molecular complexity index is 842. The van der Waals surface area contributed by atoms with Crippen LogP contribution in [0.2, 0.25) is 0 Å². The van der Waals surface area contributed by atoms with Crippen molar-refractivity contribution in [1.29, 1.82) is 0 Å². The molecular formula is C24H34IN3O3. The molecule has 7 heteroatoms. The summed E-state index contributed by atoms with van der Waals surface area (Å²) < 4.78 is 16.9. The van der Waals surface area contributed by atoms with Crippen LogP contribution in [0.4, 0.5) is 5.69 Å². The molecule has 0 amide bonds. The first-order valence-corrected chi connectivity index (χ1v) is 10.6. The molecular weight excluding hydrogens is 505 g/mol. The minimum Gasteiger partial charge on any atom is -0.493 e. The lowest BCUT2D eigenvalue weighted by Crippen LogP contribution is -2.32. The maximum absolute atomic E-state index is 6.14. The van der Waals surface area contributed by atoms with Crippen LogP contribution in [0.3, 0.4) is 0 Å². The van der Waals surface area contributed by atoms with Crippen LogP contribution in [0.25, 0.3) is 0 Å². The Hall–Kier alpha value is -2.00. The average Bonchev–Trinajstić information content (AvgIpc) is 2.78. The highest BCUT2D eigenvalue weighted by atomic mass is 127. The standard InChI is InChI=1S/C24H33N3O3.HI/c1-5-25-24(27-20-12-13-21(28-3)22(15-20)29-4)26-16-19-7-6-14-30-23(19)18-10-8-17(2)9-11-18;/h8-13,15,19,23H,5-7,14,16H2,1-4H3,(H2,25,26,27);1H. The molecule has 6 nitrogen and oxygen atoms in total. The lowest BCUT2D eigenvalue weighted by molar-refractivity contribution is -0.0250. The number of benzene rings is 2. The van der Waals surface area contributed by atoms with Gasteiger partial charge in [0, 0.05) is 37.4 Å². The van der Waals surface area contributed by atoms with Crippen LogP contribution < -0.4 is 20.1 Å². The topological polar surface area (TPSA) is 64.1 Å². The third-order valence-electron chi connectivity index (χ3n) is 5.33. The van der Waals surface area contributed by atoms with Crippen molar-refractivity contribution in [3.63, 3.8) is 0 Å². The molecule has 1 fully saturated rings. The van der Waals surface area contributed by atoms with Crippen LogP contribution in [0.5, 0.6) is 11.5 Å². The number of ether oxygens (including phenoxy) is 3.